The molecule has 1 heterocycles. The molecule has 0 bridgehead atoms. The summed E-state index contributed by atoms with van der Waals surface area (Å²) in [4.78, 5) is 16.1. The van der Waals surface area contributed by atoms with E-state index in [1.54, 1.807) is 12.0 Å². The number of hydrogen-bond donors (Lipinski definition) is 1. The molecule has 0 atom stereocenters. The lowest BCUT2D eigenvalue weighted by Gasteiger charge is -2.34. The molecule has 1 amide bonds. The first kappa shape index (κ1) is 20.3. The Morgan fingerprint density at radius 1 is 1.13 bits per heavy atom. The molecule has 136 valence electrons. The summed E-state index contributed by atoms with van der Waals surface area (Å²) in [5.74, 6) is -0.111. The Morgan fingerprint density at radius 3 is 2.43 bits per heavy atom. The molecule has 0 aliphatic carbocycles. The van der Waals surface area contributed by atoms with Gasteiger partial charge in [-0.25, -0.2) is 13.1 Å². The van der Waals surface area contributed by atoms with Crippen LogP contribution < -0.4 is 4.72 Å². The van der Waals surface area contributed by atoms with Gasteiger partial charge in [-0.1, -0.05) is 6.92 Å². The minimum Gasteiger partial charge on any atom is -0.382 e. The zero-order valence-electron chi connectivity index (χ0n) is 14.1. The number of rotatable bonds is 11. The normalized spacial score (nSPS) is 16.7. The van der Waals surface area contributed by atoms with E-state index < -0.39 is 10.0 Å². The smallest absolute Gasteiger partial charge is 0.223 e. The van der Waals surface area contributed by atoms with Crippen LogP contribution in [0.2, 0.25) is 0 Å². The third-order valence-corrected chi connectivity index (χ3v) is 5.11. The van der Waals surface area contributed by atoms with Crippen molar-refractivity contribution in [2.24, 2.45) is 0 Å². The Bertz CT molecular complexity index is 436. The van der Waals surface area contributed by atoms with Crippen molar-refractivity contribution in [3.63, 3.8) is 0 Å². The summed E-state index contributed by atoms with van der Waals surface area (Å²) in [5, 5.41) is 0. The number of sulfonamides is 1. The van der Waals surface area contributed by atoms with E-state index in [0.29, 0.717) is 26.3 Å². The van der Waals surface area contributed by atoms with Crippen molar-refractivity contribution in [1.82, 2.24) is 14.5 Å². The molecule has 23 heavy (non-hydrogen) atoms. The Labute approximate surface area is 139 Å². The first-order chi connectivity index (χ1) is 11.0. The molecule has 8 nitrogen and oxygen atoms in total. The molecule has 1 N–H and O–H groups in total. The van der Waals surface area contributed by atoms with Crippen LogP contribution in [0.1, 0.15) is 13.3 Å². The molecule has 9 heteroatoms. The molecule has 1 aliphatic rings. The average molecular weight is 351 g/mol. The first-order valence-electron chi connectivity index (χ1n) is 8.02. The van der Waals surface area contributed by atoms with Gasteiger partial charge in [0, 0.05) is 46.3 Å². The second kappa shape index (κ2) is 10.9. The van der Waals surface area contributed by atoms with Gasteiger partial charge in [0.15, 0.2) is 0 Å². The van der Waals surface area contributed by atoms with Crippen molar-refractivity contribution < 1.29 is 22.7 Å². The van der Waals surface area contributed by atoms with Crippen molar-refractivity contribution in [2.45, 2.75) is 13.3 Å². The molecular weight excluding hydrogens is 322 g/mol. The van der Waals surface area contributed by atoms with Crippen molar-refractivity contribution in [1.29, 1.82) is 0 Å². The Morgan fingerprint density at radius 2 is 1.83 bits per heavy atom. The molecule has 0 saturated carbocycles. The van der Waals surface area contributed by atoms with Gasteiger partial charge in [-0.3, -0.25) is 4.79 Å². The van der Waals surface area contributed by atoms with Crippen LogP contribution in [0.25, 0.3) is 0 Å². The molecule has 1 fully saturated rings. The van der Waals surface area contributed by atoms with Gasteiger partial charge in [-0.2, -0.15) is 0 Å². The third-order valence-electron chi connectivity index (χ3n) is 3.76. The van der Waals surface area contributed by atoms with Gasteiger partial charge in [0.2, 0.25) is 15.9 Å². The molecule has 0 aromatic rings. The van der Waals surface area contributed by atoms with E-state index >= 15 is 0 Å². The largest absolute Gasteiger partial charge is 0.382 e. The second-order valence-corrected chi connectivity index (χ2v) is 7.31. The summed E-state index contributed by atoms with van der Waals surface area (Å²) < 4.78 is 35.9. The lowest BCUT2D eigenvalue weighted by atomic mass is 10.3. The van der Waals surface area contributed by atoms with Crippen molar-refractivity contribution in [2.75, 3.05) is 72.0 Å². The van der Waals surface area contributed by atoms with E-state index in [9.17, 15) is 13.2 Å². The number of ether oxygens (including phenoxy) is 2. The molecular formula is C14H29N3O5S. The van der Waals surface area contributed by atoms with Gasteiger partial charge >= 0.3 is 0 Å². The molecule has 0 radical (unpaired) electrons. The molecule has 1 aliphatic heterocycles. The van der Waals surface area contributed by atoms with Gasteiger partial charge in [0.05, 0.1) is 25.6 Å². The fourth-order valence-electron chi connectivity index (χ4n) is 2.27. The first-order valence-corrected chi connectivity index (χ1v) is 9.68. The second-order valence-electron chi connectivity index (χ2n) is 5.38. The number of methoxy groups -OCH3 is 1. The quantitative estimate of drug-likeness (QED) is 0.487. The molecule has 1 rings (SSSR count). The highest BCUT2D eigenvalue weighted by molar-refractivity contribution is 7.89. The highest BCUT2D eigenvalue weighted by Gasteiger charge is 2.20. The zero-order chi connectivity index (χ0) is 17.1. The van der Waals surface area contributed by atoms with Crippen LogP contribution in [0.15, 0.2) is 0 Å². The highest BCUT2D eigenvalue weighted by atomic mass is 32.2. The van der Waals surface area contributed by atoms with E-state index in [1.807, 2.05) is 0 Å². The fourth-order valence-corrected chi connectivity index (χ4v) is 3.16. The minimum absolute atomic E-state index is 0.000187. The fraction of sp³-hybridized carbons (Fsp3) is 0.929. The van der Waals surface area contributed by atoms with Crippen molar-refractivity contribution in [3.05, 3.63) is 0 Å². The lowest BCUT2D eigenvalue weighted by molar-refractivity contribution is -0.132. The number of likely N-dealkylation sites (N-methyl/N-ethyl adjacent to an activating group) is 1. The van der Waals surface area contributed by atoms with Gasteiger partial charge in [0.25, 0.3) is 0 Å². The lowest BCUT2D eigenvalue weighted by Crippen LogP contribution is -2.49. The van der Waals surface area contributed by atoms with Crippen LogP contribution in [0.5, 0.6) is 0 Å². The number of hydrogen-bond acceptors (Lipinski definition) is 6. The summed E-state index contributed by atoms with van der Waals surface area (Å²) >= 11 is 0. The molecule has 0 spiro atoms. The van der Waals surface area contributed by atoms with Gasteiger partial charge < -0.3 is 19.3 Å². The summed E-state index contributed by atoms with van der Waals surface area (Å²) in [6.07, 6.45) is 0.190. The average Bonchev–Trinajstić information content (AvgIpc) is 2.54. The summed E-state index contributed by atoms with van der Waals surface area (Å²) in [7, 11) is -1.85. The monoisotopic (exact) mass is 351 g/mol. The Kier molecular flexibility index (Phi) is 9.65. The number of carbonyl (C=O) groups excluding carboxylic acids is 1. The number of amides is 1. The van der Waals surface area contributed by atoms with E-state index in [4.69, 9.17) is 9.47 Å². The van der Waals surface area contributed by atoms with Crippen LogP contribution >= 0.6 is 0 Å². The van der Waals surface area contributed by atoms with Crippen LogP contribution in [0.4, 0.5) is 0 Å². The topological polar surface area (TPSA) is 88.2 Å². The van der Waals surface area contributed by atoms with E-state index in [2.05, 4.69) is 16.5 Å². The minimum atomic E-state index is -3.40. The molecule has 0 aromatic heterocycles. The van der Waals surface area contributed by atoms with E-state index in [1.165, 1.54) is 0 Å². The van der Waals surface area contributed by atoms with Gasteiger partial charge in [-0.15, -0.1) is 0 Å². The maximum atomic E-state index is 12.0. The summed E-state index contributed by atoms with van der Waals surface area (Å²) in [6, 6.07) is 0. The van der Waals surface area contributed by atoms with Gasteiger partial charge in [-0.05, 0) is 6.54 Å². The van der Waals surface area contributed by atoms with Crippen LogP contribution in [0, 0.1) is 0 Å². The molecule has 0 unspecified atom stereocenters. The van der Waals surface area contributed by atoms with Crippen LogP contribution in [0.3, 0.4) is 0 Å². The van der Waals surface area contributed by atoms with Crippen LogP contribution in [-0.2, 0) is 24.3 Å². The molecule has 0 aromatic carbocycles. The van der Waals surface area contributed by atoms with Gasteiger partial charge in [0.1, 0.15) is 0 Å². The predicted octanol–water partition coefficient (Wildman–Crippen LogP) is -0.877. The number of piperazine rings is 1. The maximum Gasteiger partial charge on any atom is 0.223 e. The third kappa shape index (κ3) is 8.61. The van der Waals surface area contributed by atoms with Crippen molar-refractivity contribution in [3.8, 4) is 0 Å². The SMILES string of the molecule is CCN1CCN(C(=O)CCNS(=O)(=O)CCOCCOC)CC1. The zero-order valence-corrected chi connectivity index (χ0v) is 14.9. The number of carbonyl (C=O) groups is 1. The maximum absolute atomic E-state index is 12.0. The Balaban J connectivity index is 2.16. The predicted molar refractivity (Wildman–Crippen MR) is 87.8 cm³/mol. The number of nitrogens with zero attached hydrogens (tertiary/aromatic N) is 2. The summed E-state index contributed by atoms with van der Waals surface area (Å²) in [6.45, 7) is 7.35. The van der Waals surface area contributed by atoms with Crippen molar-refractivity contribution >= 4 is 15.9 Å². The standard InChI is InChI=1S/C14H29N3O5S/c1-3-16-6-8-17(9-7-16)14(18)4-5-15-23(19,20)13-12-22-11-10-21-2/h15H,3-13H2,1-2H3. The van der Waals surface area contributed by atoms with E-state index in [-0.39, 0.29) is 31.2 Å². The van der Waals surface area contributed by atoms with E-state index in [0.717, 1.165) is 19.6 Å². The summed E-state index contributed by atoms with van der Waals surface area (Å²) in [5.41, 5.74) is 0. The Hall–Kier alpha value is -0.740. The molecule has 1 saturated heterocycles. The highest BCUT2D eigenvalue weighted by Crippen LogP contribution is 2.03. The number of nitrogens with one attached hydrogen (secondary N) is 1. The van der Waals surface area contributed by atoms with Crippen LogP contribution in [-0.4, -0.2) is 96.1 Å².